The molecule has 0 heterocycles. The van der Waals surface area contributed by atoms with Crippen molar-refractivity contribution in [1.82, 2.24) is 0 Å². The SMILES string of the molecule is CN(C1=CC(=O)C1)c1ccccc1. The summed E-state index contributed by atoms with van der Waals surface area (Å²) in [5, 5.41) is 0. The monoisotopic (exact) mass is 173 g/mol. The predicted molar refractivity (Wildman–Crippen MR) is 52.6 cm³/mol. The van der Waals surface area contributed by atoms with E-state index in [-0.39, 0.29) is 5.78 Å². The van der Waals surface area contributed by atoms with Crippen LogP contribution in [0.2, 0.25) is 0 Å². The molecule has 1 aromatic rings. The fourth-order valence-corrected chi connectivity index (χ4v) is 1.37. The van der Waals surface area contributed by atoms with Gasteiger partial charge in [-0.05, 0) is 12.1 Å². The molecule has 0 atom stereocenters. The van der Waals surface area contributed by atoms with E-state index < -0.39 is 0 Å². The fourth-order valence-electron chi connectivity index (χ4n) is 1.37. The molecule has 1 aromatic carbocycles. The van der Waals surface area contributed by atoms with Crippen LogP contribution in [0.1, 0.15) is 6.42 Å². The summed E-state index contributed by atoms with van der Waals surface area (Å²) in [5.74, 6) is 0.220. The Balaban J connectivity index is 2.19. The van der Waals surface area contributed by atoms with Gasteiger partial charge in [-0.3, -0.25) is 4.79 Å². The van der Waals surface area contributed by atoms with E-state index in [0.29, 0.717) is 6.42 Å². The van der Waals surface area contributed by atoms with Crippen LogP contribution in [0.15, 0.2) is 42.1 Å². The maximum atomic E-state index is 10.7. The van der Waals surface area contributed by atoms with Crippen LogP contribution in [0.5, 0.6) is 0 Å². The van der Waals surface area contributed by atoms with Crippen molar-refractivity contribution < 1.29 is 4.79 Å². The van der Waals surface area contributed by atoms with Crippen LogP contribution < -0.4 is 4.90 Å². The molecule has 0 aromatic heterocycles. The molecule has 0 amide bonds. The lowest BCUT2D eigenvalue weighted by Crippen LogP contribution is -2.25. The minimum Gasteiger partial charge on any atom is -0.348 e. The summed E-state index contributed by atoms with van der Waals surface area (Å²) in [6, 6.07) is 10.0. The quantitative estimate of drug-likeness (QED) is 0.681. The van der Waals surface area contributed by atoms with Crippen molar-refractivity contribution in [2.24, 2.45) is 0 Å². The lowest BCUT2D eigenvalue weighted by Gasteiger charge is -2.26. The van der Waals surface area contributed by atoms with Crippen LogP contribution >= 0.6 is 0 Å². The van der Waals surface area contributed by atoms with E-state index in [9.17, 15) is 4.79 Å². The highest BCUT2D eigenvalue weighted by molar-refractivity contribution is 6.00. The average Bonchev–Trinajstić information content (AvgIpc) is 2.13. The molecule has 13 heavy (non-hydrogen) atoms. The van der Waals surface area contributed by atoms with Crippen LogP contribution in [0.3, 0.4) is 0 Å². The maximum Gasteiger partial charge on any atom is 0.163 e. The van der Waals surface area contributed by atoms with E-state index in [1.165, 1.54) is 0 Å². The van der Waals surface area contributed by atoms with Crippen molar-refractivity contribution in [2.75, 3.05) is 11.9 Å². The van der Waals surface area contributed by atoms with Crippen LogP contribution in [-0.4, -0.2) is 12.8 Å². The standard InChI is InChI=1S/C11H11NO/c1-12(10-7-11(13)8-10)9-5-3-2-4-6-9/h2-7H,8H2,1H3. The molecule has 0 radical (unpaired) electrons. The average molecular weight is 173 g/mol. The Morgan fingerprint density at radius 2 is 1.85 bits per heavy atom. The van der Waals surface area contributed by atoms with Gasteiger partial charge in [0.25, 0.3) is 0 Å². The van der Waals surface area contributed by atoms with Gasteiger partial charge in [0.05, 0.1) is 6.42 Å². The van der Waals surface area contributed by atoms with E-state index in [4.69, 9.17) is 0 Å². The van der Waals surface area contributed by atoms with Crippen molar-refractivity contribution in [2.45, 2.75) is 6.42 Å². The summed E-state index contributed by atoms with van der Waals surface area (Å²) in [4.78, 5) is 12.8. The minimum atomic E-state index is 0.220. The summed E-state index contributed by atoms with van der Waals surface area (Å²) in [5.41, 5.74) is 2.22. The van der Waals surface area contributed by atoms with Crippen LogP contribution in [-0.2, 0) is 4.79 Å². The second-order valence-electron chi connectivity index (χ2n) is 3.17. The third-order valence-electron chi connectivity index (χ3n) is 2.26. The van der Waals surface area contributed by atoms with Gasteiger partial charge >= 0.3 is 0 Å². The third kappa shape index (κ3) is 1.47. The van der Waals surface area contributed by atoms with E-state index in [0.717, 1.165) is 11.4 Å². The summed E-state index contributed by atoms with van der Waals surface area (Å²) in [6.07, 6.45) is 2.26. The molecular weight excluding hydrogens is 162 g/mol. The highest BCUT2D eigenvalue weighted by atomic mass is 16.1. The Morgan fingerprint density at radius 3 is 2.38 bits per heavy atom. The largest absolute Gasteiger partial charge is 0.348 e. The summed E-state index contributed by atoms with van der Waals surface area (Å²) in [7, 11) is 1.98. The van der Waals surface area contributed by atoms with Crippen molar-refractivity contribution in [3.05, 3.63) is 42.1 Å². The topological polar surface area (TPSA) is 20.3 Å². The van der Waals surface area contributed by atoms with Gasteiger partial charge in [0, 0.05) is 24.5 Å². The maximum absolute atomic E-state index is 10.7. The van der Waals surface area contributed by atoms with Crippen molar-refractivity contribution in [1.29, 1.82) is 0 Å². The molecule has 1 aliphatic carbocycles. The molecule has 0 aliphatic heterocycles. The molecule has 2 rings (SSSR count). The van der Waals surface area contributed by atoms with E-state index in [1.807, 2.05) is 42.3 Å². The zero-order valence-electron chi connectivity index (χ0n) is 7.53. The third-order valence-corrected chi connectivity index (χ3v) is 2.26. The predicted octanol–water partition coefficient (Wildman–Crippen LogP) is 1.98. The van der Waals surface area contributed by atoms with Crippen molar-refractivity contribution in [3.8, 4) is 0 Å². The molecule has 0 spiro atoms. The normalized spacial score (nSPS) is 14.8. The number of rotatable bonds is 2. The molecule has 66 valence electrons. The Kier molecular flexibility index (Phi) is 1.89. The molecule has 0 saturated heterocycles. The van der Waals surface area contributed by atoms with Gasteiger partial charge in [0.15, 0.2) is 5.78 Å². The van der Waals surface area contributed by atoms with Gasteiger partial charge in [-0.15, -0.1) is 0 Å². The number of nitrogens with zero attached hydrogens (tertiary/aromatic N) is 1. The smallest absolute Gasteiger partial charge is 0.163 e. The lowest BCUT2D eigenvalue weighted by atomic mass is 10.0. The van der Waals surface area contributed by atoms with Gasteiger partial charge in [-0.1, -0.05) is 18.2 Å². The Hall–Kier alpha value is -1.57. The molecule has 0 N–H and O–H groups in total. The summed E-state index contributed by atoms with van der Waals surface area (Å²) >= 11 is 0. The minimum absolute atomic E-state index is 0.220. The number of hydrogen-bond donors (Lipinski definition) is 0. The lowest BCUT2D eigenvalue weighted by molar-refractivity contribution is -0.115. The number of carbonyl (C=O) groups excluding carboxylic acids is 1. The molecule has 0 fully saturated rings. The van der Waals surface area contributed by atoms with E-state index >= 15 is 0 Å². The zero-order valence-corrected chi connectivity index (χ0v) is 7.53. The Morgan fingerprint density at radius 1 is 1.23 bits per heavy atom. The number of anilines is 1. The molecule has 2 nitrogen and oxygen atoms in total. The first-order chi connectivity index (χ1) is 6.27. The number of para-hydroxylation sites is 1. The van der Waals surface area contributed by atoms with Gasteiger partial charge in [-0.2, -0.15) is 0 Å². The number of allylic oxidation sites excluding steroid dienone is 2. The Bertz CT molecular complexity index is 354. The van der Waals surface area contributed by atoms with Gasteiger partial charge in [0.2, 0.25) is 0 Å². The van der Waals surface area contributed by atoms with Gasteiger partial charge in [0.1, 0.15) is 0 Å². The van der Waals surface area contributed by atoms with Crippen molar-refractivity contribution in [3.63, 3.8) is 0 Å². The Labute approximate surface area is 77.5 Å². The second kappa shape index (κ2) is 3.05. The fraction of sp³-hybridized carbons (Fsp3) is 0.182. The number of hydrogen-bond acceptors (Lipinski definition) is 2. The molecule has 2 heteroatoms. The second-order valence-corrected chi connectivity index (χ2v) is 3.17. The van der Waals surface area contributed by atoms with Gasteiger partial charge in [-0.25, -0.2) is 0 Å². The van der Waals surface area contributed by atoms with E-state index in [2.05, 4.69) is 0 Å². The first-order valence-electron chi connectivity index (χ1n) is 4.29. The number of ketones is 1. The first kappa shape index (κ1) is 8.05. The zero-order chi connectivity index (χ0) is 9.26. The molecular formula is C11H11NO. The summed E-state index contributed by atoms with van der Waals surface area (Å²) in [6.45, 7) is 0. The molecule has 0 saturated carbocycles. The van der Waals surface area contributed by atoms with Gasteiger partial charge < -0.3 is 4.90 Å². The summed E-state index contributed by atoms with van der Waals surface area (Å²) < 4.78 is 0. The number of benzene rings is 1. The first-order valence-corrected chi connectivity index (χ1v) is 4.29. The highest BCUT2D eigenvalue weighted by Gasteiger charge is 2.19. The van der Waals surface area contributed by atoms with Crippen LogP contribution in [0, 0.1) is 0 Å². The molecule has 0 bridgehead atoms. The number of carbonyl (C=O) groups is 1. The van der Waals surface area contributed by atoms with Crippen LogP contribution in [0.4, 0.5) is 5.69 Å². The molecule has 0 unspecified atom stereocenters. The highest BCUT2D eigenvalue weighted by Crippen LogP contribution is 2.23. The molecule has 1 aliphatic rings. The van der Waals surface area contributed by atoms with Crippen LogP contribution in [0.25, 0.3) is 0 Å². The van der Waals surface area contributed by atoms with E-state index in [1.54, 1.807) is 6.08 Å². The van der Waals surface area contributed by atoms with Crippen molar-refractivity contribution >= 4 is 11.5 Å².